The van der Waals surface area contributed by atoms with Gasteiger partial charge in [0.05, 0.1) is 17.8 Å². The summed E-state index contributed by atoms with van der Waals surface area (Å²) in [5, 5.41) is 5.68. The molecular weight excluding hydrogens is 747 g/mol. The third kappa shape index (κ3) is 11.7. The lowest BCUT2D eigenvalue weighted by atomic mass is 9.98. The largest absolute Gasteiger partial charge is 0.449 e. The summed E-state index contributed by atoms with van der Waals surface area (Å²) in [7, 11) is -1.52. The summed E-state index contributed by atoms with van der Waals surface area (Å²) in [5.41, 5.74) is 3.64. The van der Waals surface area contributed by atoms with Crippen molar-refractivity contribution in [2.75, 3.05) is 26.2 Å². The minimum Gasteiger partial charge on any atom is -0.449 e. The Morgan fingerprint density at radius 2 is 1.61 bits per heavy atom. The second kappa shape index (κ2) is 21.2. The monoisotopic (exact) mass is 804 g/mol. The fourth-order valence-electron chi connectivity index (χ4n) is 7.17. The molecule has 1 fully saturated rings. The molecule has 1 aromatic heterocycles. The molecule has 0 spiro atoms. The van der Waals surface area contributed by atoms with Crippen molar-refractivity contribution in [3.05, 3.63) is 98.3 Å². The van der Waals surface area contributed by atoms with Gasteiger partial charge in [-0.3, -0.25) is 24.1 Å². The normalized spacial score (nSPS) is 18.4. The fraction of sp³-hybridized carbons (Fsp3) is 0.500. The van der Waals surface area contributed by atoms with Crippen molar-refractivity contribution in [1.29, 1.82) is 0 Å². The maximum absolute atomic E-state index is 12.9. The van der Waals surface area contributed by atoms with Crippen molar-refractivity contribution < 1.29 is 28.1 Å². The molecule has 1 aliphatic carbocycles. The maximum Gasteiger partial charge on any atom is 0.407 e. The van der Waals surface area contributed by atoms with Gasteiger partial charge >= 0.3 is 20.3 Å². The predicted octanol–water partition coefficient (Wildman–Crippen LogP) is 6.87. The number of H-pyrrole nitrogens is 1. The molecule has 15 heteroatoms. The molecule has 2 heterocycles. The van der Waals surface area contributed by atoms with Crippen LogP contribution in [0.3, 0.4) is 0 Å². The Morgan fingerprint density at radius 3 is 2.25 bits per heavy atom. The summed E-state index contributed by atoms with van der Waals surface area (Å²) in [6.07, 6.45) is 7.22. The summed E-state index contributed by atoms with van der Waals surface area (Å²) in [6.45, 7) is 13.9. The zero-order valence-electron chi connectivity index (χ0n) is 33.8. The van der Waals surface area contributed by atoms with Gasteiger partial charge in [-0.05, 0) is 82.7 Å². The summed E-state index contributed by atoms with van der Waals surface area (Å²) in [6, 6.07) is 16.8. The molecule has 0 radical (unpaired) electrons. The number of ether oxygens (including phenoxy) is 2. The van der Waals surface area contributed by atoms with Crippen LogP contribution in [0.2, 0.25) is 0 Å². The number of aromatic amines is 1. The molecule has 5 rings (SSSR count). The van der Waals surface area contributed by atoms with Crippen LogP contribution < -0.4 is 21.9 Å². The van der Waals surface area contributed by atoms with Crippen LogP contribution in [0.1, 0.15) is 102 Å². The summed E-state index contributed by atoms with van der Waals surface area (Å²) >= 11 is 0. The van der Waals surface area contributed by atoms with Crippen molar-refractivity contribution in [2.45, 2.75) is 110 Å². The zero-order chi connectivity index (χ0) is 40.9. The molecule has 1 saturated heterocycles. The standard InChI is InChI=1S/C42H57N6O8P/c1-7-43-27-54-57(48(28(2)3)29(4)5)56-37-24-39(55-30(37)6)47-25-31(40(50)46-41(47)51)20-21-38(49)44-22-14-8-9-15-23-45-42(52)53-26-36-34-18-12-10-16-32(34)33-17-11-13-19-35(33)36/h10-13,16-21,25,27-30,36-37,39H,7-9,14-15,22-24,26H2,1-6H3,(H,44,49)(H,45,52)(H,46,50,51)/b21-20+,43-27?/t30-,37-,39-,57?/m1/s1. The van der Waals surface area contributed by atoms with Crippen LogP contribution in [-0.4, -0.2) is 83.2 Å². The maximum atomic E-state index is 12.9. The Morgan fingerprint density at radius 1 is 0.982 bits per heavy atom. The van der Waals surface area contributed by atoms with E-state index in [1.165, 1.54) is 51.6 Å². The number of benzene rings is 2. The molecule has 0 bridgehead atoms. The van der Waals surface area contributed by atoms with Crippen LogP contribution in [0.5, 0.6) is 0 Å². The van der Waals surface area contributed by atoms with Gasteiger partial charge < -0.3 is 29.2 Å². The molecule has 3 aromatic rings. The van der Waals surface area contributed by atoms with E-state index in [9.17, 15) is 19.2 Å². The minimum atomic E-state index is -1.52. The third-order valence-electron chi connectivity index (χ3n) is 9.93. The summed E-state index contributed by atoms with van der Waals surface area (Å²) < 4.78 is 27.7. The van der Waals surface area contributed by atoms with Crippen LogP contribution >= 0.6 is 8.53 Å². The van der Waals surface area contributed by atoms with Crippen molar-refractivity contribution >= 4 is 33.0 Å². The van der Waals surface area contributed by atoms with Gasteiger partial charge in [0, 0.05) is 56.3 Å². The van der Waals surface area contributed by atoms with Crippen molar-refractivity contribution in [1.82, 2.24) is 24.9 Å². The van der Waals surface area contributed by atoms with Crippen LogP contribution in [0.15, 0.2) is 75.4 Å². The molecule has 308 valence electrons. The van der Waals surface area contributed by atoms with Gasteiger partial charge in [0.2, 0.25) is 5.91 Å². The first-order chi connectivity index (χ1) is 27.5. The van der Waals surface area contributed by atoms with E-state index in [0.29, 0.717) is 26.1 Å². The number of hydrogen-bond acceptors (Lipinski definition) is 10. The number of aliphatic imine (C=N–C) groups is 1. The highest BCUT2D eigenvalue weighted by molar-refractivity contribution is 7.45. The van der Waals surface area contributed by atoms with Gasteiger partial charge in [0.15, 0.2) is 6.40 Å². The number of fused-ring (bicyclic) bond motifs is 3. The summed E-state index contributed by atoms with van der Waals surface area (Å²) in [4.78, 5) is 57.1. The molecule has 2 aromatic carbocycles. The summed E-state index contributed by atoms with van der Waals surface area (Å²) in [5.74, 6) is -0.339. The third-order valence-corrected chi connectivity index (χ3v) is 12.0. The SMILES string of the molecule is CCN=COP(O[C@@H]1C[C@H](n2cc(/C=C/C(=O)NCCCCCCNC(=O)OCC3c4ccccc4-c4ccccc43)c(=O)[nH]c2=O)O[C@@H]1C)N(C(C)C)C(C)C. The van der Waals surface area contributed by atoms with Crippen LogP contribution in [0, 0.1) is 0 Å². The van der Waals surface area contributed by atoms with Crippen LogP contribution in [-0.2, 0) is 23.3 Å². The number of carbonyl (C=O) groups is 2. The number of nitrogens with one attached hydrogen (secondary N) is 3. The van der Waals surface area contributed by atoms with Gasteiger partial charge in [0.1, 0.15) is 12.8 Å². The van der Waals surface area contributed by atoms with Crippen LogP contribution in [0.25, 0.3) is 17.2 Å². The first-order valence-electron chi connectivity index (χ1n) is 19.9. The lowest BCUT2D eigenvalue weighted by Crippen LogP contribution is -2.35. The van der Waals surface area contributed by atoms with E-state index >= 15 is 0 Å². The Hall–Kier alpha value is -4.62. The highest BCUT2D eigenvalue weighted by Crippen LogP contribution is 2.49. The number of carbonyl (C=O) groups excluding carboxylic acids is 2. The van der Waals surface area contributed by atoms with E-state index in [4.69, 9.17) is 18.5 Å². The molecule has 3 N–H and O–H groups in total. The Labute approximate surface area is 336 Å². The lowest BCUT2D eigenvalue weighted by molar-refractivity contribution is -0.116. The number of unbranched alkanes of at least 4 members (excludes halogenated alkanes) is 3. The molecule has 2 aliphatic rings. The number of nitrogens with zero attached hydrogens (tertiary/aromatic N) is 3. The van der Waals surface area contributed by atoms with E-state index in [1.54, 1.807) is 0 Å². The fourth-order valence-corrected chi connectivity index (χ4v) is 8.83. The van der Waals surface area contributed by atoms with E-state index in [1.807, 2.05) is 38.1 Å². The second-order valence-corrected chi connectivity index (χ2v) is 16.1. The number of amides is 2. The number of aromatic nitrogens is 2. The Balaban J connectivity index is 1.02. The average molecular weight is 805 g/mol. The van der Waals surface area contributed by atoms with Crippen molar-refractivity contribution in [3.8, 4) is 11.1 Å². The lowest BCUT2D eigenvalue weighted by Gasteiger charge is -2.36. The van der Waals surface area contributed by atoms with Crippen LogP contribution in [0.4, 0.5) is 4.79 Å². The van der Waals surface area contributed by atoms with Gasteiger partial charge in [0.25, 0.3) is 5.56 Å². The predicted molar refractivity (Wildman–Crippen MR) is 223 cm³/mol. The zero-order valence-corrected chi connectivity index (χ0v) is 34.7. The molecule has 1 aliphatic heterocycles. The van der Waals surface area contributed by atoms with E-state index in [-0.39, 0.29) is 42.2 Å². The van der Waals surface area contributed by atoms with Gasteiger partial charge in [-0.1, -0.05) is 61.4 Å². The molecule has 0 saturated carbocycles. The molecule has 4 atom stereocenters. The first-order valence-corrected chi connectivity index (χ1v) is 21.1. The smallest absolute Gasteiger partial charge is 0.407 e. The van der Waals surface area contributed by atoms with Crippen molar-refractivity contribution in [2.24, 2.45) is 4.99 Å². The van der Waals surface area contributed by atoms with E-state index < -0.39 is 38.2 Å². The topological polar surface area (TPSA) is 166 Å². The minimum absolute atomic E-state index is 0.0191. The van der Waals surface area contributed by atoms with Crippen molar-refractivity contribution in [3.63, 3.8) is 0 Å². The highest BCUT2D eigenvalue weighted by atomic mass is 31.2. The Kier molecular flexibility index (Phi) is 16.2. The van der Waals surface area contributed by atoms with Gasteiger partial charge in [-0.25, -0.2) is 14.3 Å². The molecule has 14 nitrogen and oxygen atoms in total. The van der Waals surface area contributed by atoms with Gasteiger partial charge in [-0.15, -0.1) is 0 Å². The van der Waals surface area contributed by atoms with E-state index in [0.717, 1.165) is 25.7 Å². The second-order valence-electron chi connectivity index (χ2n) is 14.7. The number of hydrogen-bond donors (Lipinski definition) is 3. The number of rotatable bonds is 20. The quantitative estimate of drug-likeness (QED) is 0.0364. The number of alkyl carbamates (subject to hydrolysis) is 1. The van der Waals surface area contributed by atoms with Gasteiger partial charge in [-0.2, -0.15) is 0 Å². The molecular formula is C42H57N6O8P. The molecule has 57 heavy (non-hydrogen) atoms. The highest BCUT2D eigenvalue weighted by Gasteiger charge is 2.40. The Bertz CT molecular complexity index is 1930. The molecule has 2 amide bonds. The first kappa shape index (κ1) is 43.5. The molecule has 1 unspecified atom stereocenters. The average Bonchev–Trinajstić information content (AvgIpc) is 3.70. The van der Waals surface area contributed by atoms with E-state index in [2.05, 4.69) is 77.2 Å².